The van der Waals surface area contributed by atoms with Crippen LogP contribution in [0.1, 0.15) is 11.1 Å². The minimum absolute atomic E-state index is 1.23. The summed E-state index contributed by atoms with van der Waals surface area (Å²) in [6.07, 6.45) is 2.19. The molecular formula is C19H15. The lowest BCUT2D eigenvalue weighted by Gasteiger charge is -2.04. The molecule has 1 radical (unpaired) electrons. The van der Waals surface area contributed by atoms with E-state index >= 15 is 0 Å². The number of hydrogen-bond acceptors (Lipinski definition) is 0. The molecule has 0 aliphatic carbocycles. The highest BCUT2D eigenvalue weighted by Crippen LogP contribution is 2.20. The van der Waals surface area contributed by atoms with Crippen LogP contribution < -0.4 is 0 Å². The van der Waals surface area contributed by atoms with Crippen molar-refractivity contribution in [3.05, 3.63) is 102 Å². The highest BCUT2D eigenvalue weighted by molar-refractivity contribution is 5.63. The van der Waals surface area contributed by atoms with Gasteiger partial charge >= 0.3 is 0 Å². The van der Waals surface area contributed by atoms with Crippen molar-refractivity contribution in [2.75, 3.05) is 0 Å². The summed E-state index contributed by atoms with van der Waals surface area (Å²) in [4.78, 5) is 0. The molecule has 0 bridgehead atoms. The Morgan fingerprint density at radius 1 is 0.421 bits per heavy atom. The van der Waals surface area contributed by atoms with Crippen LogP contribution in [0.5, 0.6) is 0 Å². The van der Waals surface area contributed by atoms with Gasteiger partial charge in [0.05, 0.1) is 0 Å². The van der Waals surface area contributed by atoms with Crippen LogP contribution in [0.4, 0.5) is 0 Å². The Hall–Kier alpha value is -2.34. The van der Waals surface area contributed by atoms with Crippen molar-refractivity contribution in [1.29, 1.82) is 0 Å². The van der Waals surface area contributed by atoms with Gasteiger partial charge in [-0.15, -0.1) is 0 Å². The third-order valence-electron chi connectivity index (χ3n) is 3.15. The molecule has 3 aromatic carbocycles. The van der Waals surface area contributed by atoms with E-state index in [4.69, 9.17) is 0 Å². The number of hydrogen-bond donors (Lipinski definition) is 0. The lowest BCUT2D eigenvalue weighted by Crippen LogP contribution is -1.85. The minimum atomic E-state index is 1.23. The van der Waals surface area contributed by atoms with E-state index in [0.29, 0.717) is 0 Å². The second-order valence-corrected chi connectivity index (χ2v) is 4.54. The summed E-state index contributed by atoms with van der Waals surface area (Å²) in [7, 11) is 0. The fourth-order valence-electron chi connectivity index (χ4n) is 2.14. The van der Waals surface area contributed by atoms with Gasteiger partial charge in [0.1, 0.15) is 0 Å². The summed E-state index contributed by atoms with van der Waals surface area (Å²) in [6.45, 7) is 0. The topological polar surface area (TPSA) is 0 Å². The first kappa shape index (κ1) is 11.7. The Bertz CT molecular complexity index is 622. The van der Waals surface area contributed by atoms with Gasteiger partial charge in [-0.1, -0.05) is 84.9 Å². The minimum Gasteiger partial charge on any atom is -0.0622 e. The fourth-order valence-corrected chi connectivity index (χ4v) is 2.14. The second-order valence-electron chi connectivity index (χ2n) is 4.54. The molecule has 0 N–H and O–H groups in total. The summed E-state index contributed by atoms with van der Waals surface area (Å²) in [5, 5.41) is 0. The quantitative estimate of drug-likeness (QED) is 0.610. The third-order valence-corrected chi connectivity index (χ3v) is 3.15. The van der Waals surface area contributed by atoms with Crippen LogP contribution >= 0.6 is 0 Å². The normalized spacial score (nSPS) is 10.3. The maximum atomic E-state index is 2.19. The zero-order valence-electron chi connectivity index (χ0n) is 10.7. The van der Waals surface area contributed by atoms with Gasteiger partial charge in [-0.25, -0.2) is 0 Å². The van der Waals surface area contributed by atoms with Crippen molar-refractivity contribution in [1.82, 2.24) is 0 Å². The van der Waals surface area contributed by atoms with E-state index < -0.39 is 0 Å². The molecule has 0 heteroatoms. The largest absolute Gasteiger partial charge is 0.0622 e. The summed E-state index contributed by atoms with van der Waals surface area (Å²) >= 11 is 0. The lowest BCUT2D eigenvalue weighted by molar-refractivity contribution is 1.43. The van der Waals surface area contributed by atoms with E-state index in [0.717, 1.165) is 0 Å². The van der Waals surface area contributed by atoms with Gasteiger partial charge in [0, 0.05) is 6.42 Å². The van der Waals surface area contributed by atoms with Crippen molar-refractivity contribution in [2.24, 2.45) is 0 Å². The monoisotopic (exact) mass is 243 g/mol. The molecule has 0 amide bonds. The predicted molar refractivity (Wildman–Crippen MR) is 80.8 cm³/mol. The van der Waals surface area contributed by atoms with Crippen LogP contribution in [0.2, 0.25) is 0 Å². The molecule has 19 heavy (non-hydrogen) atoms. The van der Waals surface area contributed by atoms with Gasteiger partial charge in [-0.05, 0) is 22.3 Å². The van der Waals surface area contributed by atoms with E-state index in [-0.39, 0.29) is 0 Å². The zero-order valence-corrected chi connectivity index (χ0v) is 10.7. The SMILES string of the molecule is [CH](c1ccccc1)c1ccc(-c2ccccc2)cc1. The van der Waals surface area contributed by atoms with E-state index in [1.165, 1.54) is 22.3 Å². The number of rotatable bonds is 3. The zero-order chi connectivity index (χ0) is 12.9. The van der Waals surface area contributed by atoms with Crippen LogP contribution in [0.15, 0.2) is 84.9 Å². The lowest BCUT2D eigenvalue weighted by atomic mass is 10.0. The first-order valence-electron chi connectivity index (χ1n) is 6.47. The Kier molecular flexibility index (Phi) is 3.42. The van der Waals surface area contributed by atoms with E-state index in [2.05, 4.69) is 79.2 Å². The van der Waals surface area contributed by atoms with Gasteiger partial charge in [0.15, 0.2) is 0 Å². The standard InChI is InChI=1S/C19H15/c1-3-7-16(8-4-1)15-17-11-13-19(14-12-17)18-9-5-2-6-10-18/h1-15H. The van der Waals surface area contributed by atoms with Crippen LogP contribution in [-0.2, 0) is 0 Å². The van der Waals surface area contributed by atoms with Crippen LogP contribution in [0, 0.1) is 6.42 Å². The van der Waals surface area contributed by atoms with Crippen molar-refractivity contribution >= 4 is 0 Å². The Balaban J connectivity index is 1.80. The molecule has 0 atom stereocenters. The maximum absolute atomic E-state index is 2.19. The van der Waals surface area contributed by atoms with E-state index in [1.807, 2.05) is 12.1 Å². The van der Waals surface area contributed by atoms with E-state index in [9.17, 15) is 0 Å². The average molecular weight is 243 g/mol. The van der Waals surface area contributed by atoms with Crippen molar-refractivity contribution in [2.45, 2.75) is 0 Å². The predicted octanol–water partition coefficient (Wildman–Crippen LogP) is 4.95. The van der Waals surface area contributed by atoms with E-state index in [1.54, 1.807) is 0 Å². The molecule has 0 saturated heterocycles. The van der Waals surface area contributed by atoms with Crippen LogP contribution in [0.3, 0.4) is 0 Å². The Morgan fingerprint density at radius 3 is 1.53 bits per heavy atom. The molecule has 0 aliphatic rings. The Morgan fingerprint density at radius 2 is 0.895 bits per heavy atom. The molecule has 3 rings (SSSR count). The number of benzene rings is 3. The van der Waals surface area contributed by atoms with Crippen molar-refractivity contribution in [3.63, 3.8) is 0 Å². The van der Waals surface area contributed by atoms with Gasteiger partial charge in [-0.2, -0.15) is 0 Å². The third kappa shape index (κ3) is 2.92. The fraction of sp³-hybridized carbons (Fsp3) is 0. The maximum Gasteiger partial charge on any atom is 0.0199 e. The summed E-state index contributed by atoms with van der Waals surface area (Å²) in [5.74, 6) is 0. The summed E-state index contributed by atoms with van der Waals surface area (Å²) < 4.78 is 0. The molecule has 0 spiro atoms. The molecule has 0 aliphatic heterocycles. The summed E-state index contributed by atoms with van der Waals surface area (Å²) in [6, 6.07) is 29.5. The molecular weight excluding hydrogens is 228 g/mol. The van der Waals surface area contributed by atoms with Crippen molar-refractivity contribution < 1.29 is 0 Å². The molecule has 0 saturated carbocycles. The van der Waals surface area contributed by atoms with Gasteiger partial charge in [-0.3, -0.25) is 0 Å². The smallest absolute Gasteiger partial charge is 0.0199 e. The first-order valence-corrected chi connectivity index (χ1v) is 6.47. The molecule has 0 heterocycles. The van der Waals surface area contributed by atoms with Crippen LogP contribution in [-0.4, -0.2) is 0 Å². The van der Waals surface area contributed by atoms with Gasteiger partial charge < -0.3 is 0 Å². The second kappa shape index (κ2) is 5.53. The highest BCUT2D eigenvalue weighted by Gasteiger charge is 1.99. The van der Waals surface area contributed by atoms with Gasteiger partial charge in [0.25, 0.3) is 0 Å². The first-order chi connectivity index (χ1) is 9.42. The summed E-state index contributed by atoms with van der Waals surface area (Å²) in [5.41, 5.74) is 4.97. The molecule has 0 unspecified atom stereocenters. The molecule has 3 aromatic rings. The molecule has 91 valence electrons. The highest BCUT2D eigenvalue weighted by atomic mass is 14.0. The van der Waals surface area contributed by atoms with Gasteiger partial charge in [0.2, 0.25) is 0 Å². The van der Waals surface area contributed by atoms with Crippen LogP contribution in [0.25, 0.3) is 11.1 Å². The average Bonchev–Trinajstić information content (AvgIpc) is 2.50. The Labute approximate surface area is 114 Å². The molecule has 0 nitrogen and oxygen atoms in total. The molecule has 0 aromatic heterocycles. The molecule has 0 fully saturated rings. The van der Waals surface area contributed by atoms with Crippen molar-refractivity contribution in [3.8, 4) is 11.1 Å².